The fourth-order valence-electron chi connectivity index (χ4n) is 2.55. The minimum atomic E-state index is -0.709. The molecule has 0 saturated carbocycles. The molecule has 20 heavy (non-hydrogen) atoms. The van der Waals surface area contributed by atoms with Crippen LogP contribution < -0.4 is 4.90 Å². The Bertz CT molecular complexity index is 477. The van der Waals surface area contributed by atoms with Crippen LogP contribution in [-0.4, -0.2) is 54.6 Å². The smallest absolute Gasteiger partial charge is 0.150 e. The van der Waals surface area contributed by atoms with E-state index in [0.29, 0.717) is 37.2 Å². The number of piperazine rings is 1. The Balaban J connectivity index is 1.98. The largest absolute Gasteiger partial charge is 0.389 e. The van der Waals surface area contributed by atoms with Crippen LogP contribution in [0.3, 0.4) is 0 Å². The van der Waals surface area contributed by atoms with E-state index in [1.807, 2.05) is 4.90 Å². The Kier molecular flexibility index (Phi) is 4.40. The lowest BCUT2D eigenvalue weighted by molar-refractivity contribution is 0.0344. The van der Waals surface area contributed by atoms with E-state index in [4.69, 9.17) is 0 Å². The fraction of sp³-hybridized carbons (Fsp3) is 0.533. The van der Waals surface area contributed by atoms with Gasteiger partial charge in [-0.15, -0.1) is 0 Å². The van der Waals surface area contributed by atoms with E-state index in [1.165, 1.54) is 6.07 Å². The average molecular weight is 280 g/mol. The number of aldehydes is 1. The third-order valence-electron chi connectivity index (χ3n) is 3.43. The van der Waals surface area contributed by atoms with Crippen LogP contribution in [0.15, 0.2) is 18.2 Å². The molecule has 5 heteroatoms. The van der Waals surface area contributed by atoms with Gasteiger partial charge >= 0.3 is 0 Å². The molecule has 0 amide bonds. The first-order valence-electron chi connectivity index (χ1n) is 6.83. The summed E-state index contributed by atoms with van der Waals surface area (Å²) in [5.74, 6) is -0.356. The summed E-state index contributed by atoms with van der Waals surface area (Å²) in [6.07, 6.45) is 0.647. The summed E-state index contributed by atoms with van der Waals surface area (Å²) in [5.41, 5.74) is 0.185. The zero-order valence-electron chi connectivity index (χ0n) is 12.0. The highest BCUT2D eigenvalue weighted by Crippen LogP contribution is 2.22. The highest BCUT2D eigenvalue weighted by atomic mass is 19.1. The minimum Gasteiger partial charge on any atom is -0.389 e. The van der Waals surface area contributed by atoms with Gasteiger partial charge in [-0.1, -0.05) is 0 Å². The number of anilines is 1. The van der Waals surface area contributed by atoms with Crippen LogP contribution in [0.5, 0.6) is 0 Å². The van der Waals surface area contributed by atoms with Gasteiger partial charge in [-0.3, -0.25) is 9.69 Å². The number of hydrogen-bond donors (Lipinski definition) is 1. The monoisotopic (exact) mass is 280 g/mol. The van der Waals surface area contributed by atoms with Crippen molar-refractivity contribution in [1.29, 1.82) is 0 Å². The zero-order valence-corrected chi connectivity index (χ0v) is 12.0. The molecule has 1 aliphatic heterocycles. The number of aliphatic hydroxyl groups is 1. The van der Waals surface area contributed by atoms with Crippen LogP contribution in [-0.2, 0) is 0 Å². The second kappa shape index (κ2) is 5.89. The van der Waals surface area contributed by atoms with Crippen LogP contribution >= 0.6 is 0 Å². The van der Waals surface area contributed by atoms with E-state index in [1.54, 1.807) is 26.0 Å². The third kappa shape index (κ3) is 3.77. The Morgan fingerprint density at radius 1 is 1.30 bits per heavy atom. The molecule has 0 atom stereocenters. The predicted molar refractivity (Wildman–Crippen MR) is 76.7 cm³/mol. The topological polar surface area (TPSA) is 43.8 Å². The Morgan fingerprint density at radius 2 is 1.95 bits per heavy atom. The maximum Gasteiger partial charge on any atom is 0.150 e. The van der Waals surface area contributed by atoms with Gasteiger partial charge < -0.3 is 10.0 Å². The van der Waals surface area contributed by atoms with Crippen molar-refractivity contribution in [1.82, 2.24) is 4.90 Å². The molecule has 1 aromatic rings. The molecule has 1 N–H and O–H groups in total. The molecule has 0 radical (unpaired) electrons. The summed E-state index contributed by atoms with van der Waals surface area (Å²) in [4.78, 5) is 14.8. The maximum absolute atomic E-state index is 13.9. The molecule has 110 valence electrons. The van der Waals surface area contributed by atoms with Crippen molar-refractivity contribution < 1.29 is 14.3 Å². The third-order valence-corrected chi connectivity index (χ3v) is 3.43. The predicted octanol–water partition coefficient (Wildman–Crippen LogP) is 1.53. The number of carbonyl (C=O) groups is 1. The van der Waals surface area contributed by atoms with Gasteiger partial charge in [0, 0.05) is 38.3 Å². The molecular weight excluding hydrogens is 259 g/mol. The minimum absolute atomic E-state index is 0.354. The summed E-state index contributed by atoms with van der Waals surface area (Å²) < 4.78 is 13.9. The summed E-state index contributed by atoms with van der Waals surface area (Å²) in [6.45, 7) is 7.21. The first-order valence-corrected chi connectivity index (χ1v) is 6.83. The van der Waals surface area contributed by atoms with Crippen molar-refractivity contribution in [3.05, 3.63) is 29.6 Å². The molecule has 4 nitrogen and oxygen atoms in total. The molecular formula is C15H21FN2O2. The van der Waals surface area contributed by atoms with Gasteiger partial charge in [-0.05, 0) is 32.0 Å². The van der Waals surface area contributed by atoms with Crippen LogP contribution in [0, 0.1) is 5.82 Å². The maximum atomic E-state index is 13.9. The molecule has 1 aliphatic rings. The molecule has 1 aromatic carbocycles. The zero-order chi connectivity index (χ0) is 14.8. The molecule has 1 fully saturated rings. The summed E-state index contributed by atoms with van der Waals surface area (Å²) >= 11 is 0. The second-order valence-corrected chi connectivity index (χ2v) is 5.90. The van der Waals surface area contributed by atoms with E-state index >= 15 is 0 Å². The van der Waals surface area contributed by atoms with Gasteiger partial charge in [0.2, 0.25) is 0 Å². The second-order valence-electron chi connectivity index (χ2n) is 5.90. The van der Waals surface area contributed by atoms with Crippen molar-refractivity contribution in [2.45, 2.75) is 19.4 Å². The molecule has 0 unspecified atom stereocenters. The lowest BCUT2D eigenvalue weighted by Gasteiger charge is -2.38. The van der Waals surface area contributed by atoms with Crippen molar-refractivity contribution in [3.8, 4) is 0 Å². The van der Waals surface area contributed by atoms with Gasteiger partial charge in [0.05, 0.1) is 11.3 Å². The van der Waals surface area contributed by atoms with E-state index in [0.717, 1.165) is 13.1 Å². The normalized spacial score (nSPS) is 17.3. The number of nitrogens with zero attached hydrogens (tertiary/aromatic N) is 2. The van der Waals surface area contributed by atoms with Crippen LogP contribution in [0.1, 0.15) is 24.2 Å². The van der Waals surface area contributed by atoms with E-state index in [-0.39, 0.29) is 5.82 Å². The van der Waals surface area contributed by atoms with Gasteiger partial charge in [0.25, 0.3) is 0 Å². The number of β-amino-alcohol motifs (C(OH)–C–C–N with tert-alkyl or cyclic N) is 1. The van der Waals surface area contributed by atoms with Gasteiger partial charge in [-0.2, -0.15) is 0 Å². The molecule has 0 aliphatic carbocycles. The van der Waals surface area contributed by atoms with Gasteiger partial charge in [0.1, 0.15) is 12.1 Å². The Morgan fingerprint density at radius 3 is 2.45 bits per heavy atom. The Hall–Kier alpha value is -1.46. The van der Waals surface area contributed by atoms with Gasteiger partial charge in [-0.25, -0.2) is 4.39 Å². The first-order chi connectivity index (χ1) is 9.39. The van der Waals surface area contributed by atoms with Crippen LogP contribution in [0.4, 0.5) is 10.1 Å². The fourth-order valence-corrected chi connectivity index (χ4v) is 2.55. The van der Waals surface area contributed by atoms with E-state index in [2.05, 4.69) is 4.90 Å². The van der Waals surface area contributed by atoms with E-state index < -0.39 is 5.60 Å². The standard InChI is InChI=1S/C15H21FN2O2/c1-15(2,20)11-17-5-7-18(8-6-17)14-4-3-12(10-19)9-13(14)16/h3-4,9-10,20H,5-8,11H2,1-2H3. The highest BCUT2D eigenvalue weighted by molar-refractivity contribution is 5.76. The van der Waals surface area contributed by atoms with Crippen molar-refractivity contribution in [3.63, 3.8) is 0 Å². The van der Waals surface area contributed by atoms with Crippen LogP contribution in [0.2, 0.25) is 0 Å². The SMILES string of the molecule is CC(C)(O)CN1CCN(c2ccc(C=O)cc2F)CC1. The molecule has 0 bridgehead atoms. The lowest BCUT2D eigenvalue weighted by atomic mass is 10.1. The Labute approximate surface area is 118 Å². The highest BCUT2D eigenvalue weighted by Gasteiger charge is 2.23. The summed E-state index contributed by atoms with van der Waals surface area (Å²) in [5, 5.41) is 9.81. The molecule has 2 rings (SSSR count). The van der Waals surface area contributed by atoms with Gasteiger partial charge in [0.15, 0.2) is 0 Å². The van der Waals surface area contributed by atoms with Crippen molar-refractivity contribution in [2.24, 2.45) is 0 Å². The average Bonchev–Trinajstić information content (AvgIpc) is 2.38. The lowest BCUT2D eigenvalue weighted by Crippen LogP contribution is -2.50. The quantitative estimate of drug-likeness (QED) is 0.850. The number of rotatable bonds is 4. The summed E-state index contributed by atoms with van der Waals surface area (Å²) in [6, 6.07) is 4.56. The number of benzene rings is 1. The number of hydrogen-bond acceptors (Lipinski definition) is 4. The molecule has 0 spiro atoms. The van der Waals surface area contributed by atoms with E-state index in [9.17, 15) is 14.3 Å². The molecule has 0 aromatic heterocycles. The van der Waals surface area contributed by atoms with Crippen molar-refractivity contribution in [2.75, 3.05) is 37.6 Å². The van der Waals surface area contributed by atoms with Crippen LogP contribution in [0.25, 0.3) is 0 Å². The number of carbonyl (C=O) groups excluding carboxylic acids is 1. The molecule has 1 heterocycles. The number of halogens is 1. The summed E-state index contributed by atoms with van der Waals surface area (Å²) in [7, 11) is 0. The first kappa shape index (κ1) is 14.9. The molecule has 1 saturated heterocycles. The van der Waals surface area contributed by atoms with Crippen molar-refractivity contribution >= 4 is 12.0 Å².